The van der Waals surface area contributed by atoms with Crippen LogP contribution >= 0.6 is 0 Å². The molecule has 0 radical (unpaired) electrons. The summed E-state index contributed by atoms with van der Waals surface area (Å²) in [6.07, 6.45) is 1.36. The van der Waals surface area contributed by atoms with Crippen LogP contribution in [0.3, 0.4) is 0 Å². The van der Waals surface area contributed by atoms with Crippen molar-refractivity contribution < 1.29 is 4.74 Å². The second-order valence-electron chi connectivity index (χ2n) is 5.67. The van der Waals surface area contributed by atoms with Gasteiger partial charge in [0.2, 0.25) is 0 Å². The van der Waals surface area contributed by atoms with E-state index in [4.69, 9.17) is 4.74 Å². The Morgan fingerprint density at radius 3 is 2.79 bits per heavy atom. The molecule has 2 aromatic carbocycles. The molecule has 2 nitrogen and oxygen atoms in total. The third-order valence-corrected chi connectivity index (χ3v) is 4.45. The molecule has 1 fully saturated rings. The van der Waals surface area contributed by atoms with Gasteiger partial charge in [-0.25, -0.2) is 0 Å². The molecule has 0 aromatic heterocycles. The Balaban J connectivity index is 1.82. The number of ether oxygens (including phenoxy) is 1. The smallest absolute Gasteiger partial charge is 0.0726 e. The molecule has 0 bridgehead atoms. The highest BCUT2D eigenvalue weighted by atomic mass is 16.5. The van der Waals surface area contributed by atoms with Crippen molar-refractivity contribution >= 4 is 10.8 Å². The predicted octanol–water partition coefficient (Wildman–Crippen LogP) is 3.50. The maximum absolute atomic E-state index is 5.68. The van der Waals surface area contributed by atoms with E-state index in [-0.39, 0.29) is 11.6 Å². The molecule has 0 saturated carbocycles. The lowest BCUT2D eigenvalue weighted by molar-refractivity contribution is 0.0882. The Bertz CT molecular complexity index is 575. The molecule has 0 aliphatic carbocycles. The Morgan fingerprint density at radius 2 is 2.00 bits per heavy atom. The molecule has 2 atom stereocenters. The first kappa shape index (κ1) is 12.6. The van der Waals surface area contributed by atoms with Gasteiger partial charge in [-0.2, -0.15) is 0 Å². The highest BCUT2D eigenvalue weighted by Gasteiger charge is 2.36. The van der Waals surface area contributed by atoms with E-state index in [1.54, 1.807) is 0 Å². The lowest BCUT2D eigenvalue weighted by Gasteiger charge is -2.29. The fourth-order valence-corrected chi connectivity index (χ4v) is 2.81. The zero-order chi connectivity index (χ0) is 13.3. The highest BCUT2D eigenvalue weighted by molar-refractivity contribution is 5.85. The van der Waals surface area contributed by atoms with Crippen LogP contribution < -0.4 is 5.32 Å². The van der Waals surface area contributed by atoms with Crippen LogP contribution in [-0.4, -0.2) is 18.2 Å². The molecule has 1 heterocycles. The van der Waals surface area contributed by atoms with Crippen molar-refractivity contribution in [2.24, 2.45) is 0 Å². The van der Waals surface area contributed by atoms with Crippen molar-refractivity contribution in [1.29, 1.82) is 0 Å². The summed E-state index contributed by atoms with van der Waals surface area (Å²) in [6.45, 7) is 6.17. The Morgan fingerprint density at radius 1 is 1.21 bits per heavy atom. The molecule has 3 rings (SSSR count). The minimum atomic E-state index is 0.0942. The molecule has 100 valence electrons. The van der Waals surface area contributed by atoms with Gasteiger partial charge in [-0.05, 0) is 36.6 Å². The van der Waals surface area contributed by atoms with E-state index >= 15 is 0 Å². The second-order valence-corrected chi connectivity index (χ2v) is 5.67. The van der Waals surface area contributed by atoms with Gasteiger partial charge in [0.1, 0.15) is 0 Å². The number of hydrogen-bond donors (Lipinski definition) is 1. The van der Waals surface area contributed by atoms with Gasteiger partial charge in [0.25, 0.3) is 0 Å². The van der Waals surface area contributed by atoms with Crippen molar-refractivity contribution in [2.75, 3.05) is 6.61 Å². The summed E-state index contributed by atoms with van der Waals surface area (Å²) < 4.78 is 5.68. The Hall–Kier alpha value is -1.38. The van der Waals surface area contributed by atoms with Gasteiger partial charge in [0, 0.05) is 18.7 Å². The third kappa shape index (κ3) is 2.38. The minimum absolute atomic E-state index is 0.0942. The van der Waals surface area contributed by atoms with Crippen molar-refractivity contribution in [3.63, 3.8) is 0 Å². The van der Waals surface area contributed by atoms with Crippen molar-refractivity contribution in [3.8, 4) is 0 Å². The highest BCUT2D eigenvalue weighted by Crippen LogP contribution is 2.26. The topological polar surface area (TPSA) is 21.3 Å². The molecule has 2 aromatic rings. The maximum Gasteiger partial charge on any atom is 0.0726 e. The quantitative estimate of drug-likeness (QED) is 0.906. The van der Waals surface area contributed by atoms with E-state index in [2.05, 4.69) is 61.6 Å². The van der Waals surface area contributed by atoms with Crippen LogP contribution in [0.1, 0.15) is 25.8 Å². The summed E-state index contributed by atoms with van der Waals surface area (Å²) >= 11 is 0. The van der Waals surface area contributed by atoms with Crippen LogP contribution in [0.2, 0.25) is 0 Å². The third-order valence-electron chi connectivity index (χ3n) is 4.45. The van der Waals surface area contributed by atoms with Crippen LogP contribution in [-0.2, 0) is 11.3 Å². The van der Waals surface area contributed by atoms with Gasteiger partial charge in [-0.1, -0.05) is 42.5 Å². The molecular weight excluding hydrogens is 234 g/mol. The van der Waals surface area contributed by atoms with E-state index in [0.717, 1.165) is 19.6 Å². The summed E-state index contributed by atoms with van der Waals surface area (Å²) in [7, 11) is 0. The lowest BCUT2D eigenvalue weighted by Crippen LogP contribution is -2.47. The van der Waals surface area contributed by atoms with Crippen LogP contribution in [0.5, 0.6) is 0 Å². The average Bonchev–Trinajstić information content (AvgIpc) is 2.77. The number of benzene rings is 2. The molecule has 19 heavy (non-hydrogen) atoms. The van der Waals surface area contributed by atoms with Crippen LogP contribution in [0, 0.1) is 0 Å². The molecule has 1 N–H and O–H groups in total. The second kappa shape index (κ2) is 4.95. The summed E-state index contributed by atoms with van der Waals surface area (Å²) in [5.41, 5.74) is 1.45. The van der Waals surface area contributed by atoms with Crippen molar-refractivity contribution in [1.82, 2.24) is 5.32 Å². The first-order valence-corrected chi connectivity index (χ1v) is 7.02. The van der Waals surface area contributed by atoms with Gasteiger partial charge in [-0.15, -0.1) is 0 Å². The number of rotatable bonds is 3. The Labute approximate surface area is 114 Å². The number of fused-ring (bicyclic) bond motifs is 1. The number of hydrogen-bond acceptors (Lipinski definition) is 2. The van der Waals surface area contributed by atoms with E-state index < -0.39 is 0 Å². The first-order chi connectivity index (χ1) is 9.19. The van der Waals surface area contributed by atoms with E-state index in [1.807, 2.05) is 0 Å². The van der Waals surface area contributed by atoms with E-state index in [1.165, 1.54) is 16.3 Å². The Kier molecular flexibility index (Phi) is 3.29. The van der Waals surface area contributed by atoms with Gasteiger partial charge < -0.3 is 10.1 Å². The van der Waals surface area contributed by atoms with Crippen LogP contribution in [0.15, 0.2) is 42.5 Å². The fourth-order valence-electron chi connectivity index (χ4n) is 2.81. The molecule has 1 aliphatic heterocycles. The zero-order valence-electron chi connectivity index (χ0n) is 11.6. The molecule has 2 unspecified atom stereocenters. The summed E-state index contributed by atoms with van der Waals surface area (Å²) in [4.78, 5) is 0. The summed E-state index contributed by atoms with van der Waals surface area (Å²) in [6, 6.07) is 15.1. The van der Waals surface area contributed by atoms with Crippen LogP contribution in [0.4, 0.5) is 0 Å². The average molecular weight is 255 g/mol. The molecule has 0 amide bonds. The predicted molar refractivity (Wildman–Crippen MR) is 79.2 cm³/mol. The maximum atomic E-state index is 5.68. The molecular formula is C17H21NO. The monoisotopic (exact) mass is 255 g/mol. The standard InChI is InChI=1S/C17H21NO/c1-13-17(2,10-11-19-13)18-12-15-8-5-7-14-6-3-4-9-16(14)15/h3-9,13,18H,10-12H2,1-2H3. The van der Waals surface area contributed by atoms with E-state index in [9.17, 15) is 0 Å². The van der Waals surface area contributed by atoms with Crippen LogP contribution in [0.25, 0.3) is 10.8 Å². The van der Waals surface area contributed by atoms with Gasteiger partial charge >= 0.3 is 0 Å². The van der Waals surface area contributed by atoms with Crippen molar-refractivity contribution in [3.05, 3.63) is 48.0 Å². The zero-order valence-corrected chi connectivity index (χ0v) is 11.6. The normalized spacial score (nSPS) is 26.9. The molecule has 0 spiro atoms. The van der Waals surface area contributed by atoms with E-state index in [0.29, 0.717) is 0 Å². The first-order valence-electron chi connectivity index (χ1n) is 7.02. The SMILES string of the molecule is CC1OCCC1(C)NCc1cccc2ccccc12. The van der Waals surface area contributed by atoms with Gasteiger partial charge in [0.15, 0.2) is 0 Å². The lowest BCUT2D eigenvalue weighted by atomic mass is 9.94. The van der Waals surface area contributed by atoms with Gasteiger partial charge in [-0.3, -0.25) is 0 Å². The summed E-state index contributed by atoms with van der Waals surface area (Å²) in [5.74, 6) is 0. The van der Waals surface area contributed by atoms with Gasteiger partial charge in [0.05, 0.1) is 6.10 Å². The molecule has 2 heteroatoms. The number of nitrogens with one attached hydrogen (secondary N) is 1. The fraction of sp³-hybridized carbons (Fsp3) is 0.412. The minimum Gasteiger partial charge on any atom is -0.377 e. The summed E-state index contributed by atoms with van der Waals surface area (Å²) in [5, 5.41) is 6.34. The molecule has 1 saturated heterocycles. The van der Waals surface area contributed by atoms with Crippen molar-refractivity contribution in [2.45, 2.75) is 38.5 Å². The largest absolute Gasteiger partial charge is 0.377 e. The molecule has 1 aliphatic rings.